The van der Waals surface area contributed by atoms with Gasteiger partial charge in [-0.05, 0) is 29.6 Å². The summed E-state index contributed by atoms with van der Waals surface area (Å²) in [7, 11) is -3.95. The Balaban J connectivity index is 1.37. The fourth-order valence-corrected chi connectivity index (χ4v) is 6.20. The monoisotopic (exact) mass is 469 g/mol. The second-order valence-corrected chi connectivity index (χ2v) is 10.4. The number of aromatic nitrogens is 1. The van der Waals surface area contributed by atoms with E-state index in [2.05, 4.69) is 4.98 Å². The fourth-order valence-electron chi connectivity index (χ4n) is 3.13. The van der Waals surface area contributed by atoms with E-state index in [1.165, 1.54) is 15.6 Å². The quantitative estimate of drug-likeness (QED) is 0.575. The van der Waals surface area contributed by atoms with Gasteiger partial charge in [0.05, 0.1) is 21.9 Å². The largest absolute Gasteiger partial charge is 0.340 e. The van der Waals surface area contributed by atoms with E-state index in [1.807, 2.05) is 22.9 Å². The summed E-state index contributed by atoms with van der Waals surface area (Å²) in [5.74, 6) is -2.44. The molecule has 0 aliphatic carbocycles. The molecule has 3 aromatic rings. The fraction of sp³-hybridized carbons (Fsp3) is 0.263. The third kappa shape index (κ3) is 4.29. The van der Waals surface area contributed by atoms with E-state index in [9.17, 15) is 22.0 Å². The minimum absolute atomic E-state index is 0.0879. The summed E-state index contributed by atoms with van der Waals surface area (Å²) in [5.41, 5.74) is 0.685. The highest BCUT2D eigenvalue weighted by molar-refractivity contribution is 7.89. The molecule has 6 nitrogen and oxygen atoms in total. The summed E-state index contributed by atoms with van der Waals surface area (Å²) in [4.78, 5) is 19.5. The highest BCUT2D eigenvalue weighted by atomic mass is 32.2. The molecule has 0 atom stereocenters. The van der Waals surface area contributed by atoms with Crippen molar-refractivity contribution in [3.63, 3.8) is 0 Å². The maximum Gasteiger partial charge on any atom is 0.243 e. The van der Waals surface area contributed by atoms with Crippen LogP contribution in [-0.2, 0) is 21.2 Å². The third-order valence-electron chi connectivity index (χ3n) is 4.74. The summed E-state index contributed by atoms with van der Waals surface area (Å²) in [5, 5.41) is 4.70. The first-order valence-corrected chi connectivity index (χ1v) is 12.3. The van der Waals surface area contributed by atoms with Crippen molar-refractivity contribution in [3.8, 4) is 9.88 Å². The van der Waals surface area contributed by atoms with Crippen molar-refractivity contribution in [1.29, 1.82) is 0 Å². The number of piperazine rings is 1. The van der Waals surface area contributed by atoms with Gasteiger partial charge in [0.25, 0.3) is 0 Å². The average Bonchev–Trinajstić information content (AvgIpc) is 3.42. The second kappa shape index (κ2) is 8.50. The van der Waals surface area contributed by atoms with Gasteiger partial charge in [-0.1, -0.05) is 6.07 Å². The highest BCUT2D eigenvalue weighted by Crippen LogP contribution is 2.28. The third-order valence-corrected chi connectivity index (χ3v) is 8.56. The number of amides is 1. The number of hydrogen-bond donors (Lipinski definition) is 0. The number of thiophene rings is 1. The molecule has 0 saturated carbocycles. The van der Waals surface area contributed by atoms with Crippen molar-refractivity contribution in [3.05, 3.63) is 58.4 Å². The molecule has 2 aromatic heterocycles. The highest BCUT2D eigenvalue weighted by Gasteiger charge is 2.30. The molecule has 0 radical (unpaired) electrons. The van der Waals surface area contributed by atoms with Crippen molar-refractivity contribution in [2.24, 2.45) is 0 Å². The number of nitrogens with zero attached hydrogens (tertiary/aromatic N) is 3. The second-order valence-electron chi connectivity index (χ2n) is 6.66. The molecule has 3 heterocycles. The molecular weight excluding hydrogens is 452 g/mol. The van der Waals surface area contributed by atoms with Crippen LogP contribution in [0.3, 0.4) is 0 Å². The molecule has 1 aliphatic rings. The van der Waals surface area contributed by atoms with Crippen LogP contribution in [0.5, 0.6) is 0 Å². The van der Waals surface area contributed by atoms with Gasteiger partial charge in [0.15, 0.2) is 11.6 Å². The van der Waals surface area contributed by atoms with Crippen molar-refractivity contribution in [1.82, 2.24) is 14.2 Å². The van der Waals surface area contributed by atoms with Crippen LogP contribution in [0.15, 0.2) is 46.0 Å². The molecule has 4 rings (SSSR count). The number of thiazole rings is 1. The number of benzene rings is 1. The summed E-state index contributed by atoms with van der Waals surface area (Å²) < 4.78 is 53.0. The Hall–Kier alpha value is -2.21. The van der Waals surface area contributed by atoms with Gasteiger partial charge in [-0.15, -0.1) is 22.7 Å². The molecule has 0 unspecified atom stereocenters. The molecule has 1 fully saturated rings. The van der Waals surface area contributed by atoms with Crippen LogP contribution in [0, 0.1) is 11.6 Å². The van der Waals surface area contributed by atoms with Crippen LogP contribution in [0.1, 0.15) is 5.69 Å². The molecule has 0 bridgehead atoms. The van der Waals surface area contributed by atoms with E-state index in [0.717, 1.165) is 22.0 Å². The number of carbonyl (C=O) groups is 1. The van der Waals surface area contributed by atoms with E-state index in [1.54, 1.807) is 16.2 Å². The Morgan fingerprint density at radius 1 is 1.07 bits per heavy atom. The Kier molecular flexibility index (Phi) is 5.96. The number of hydrogen-bond acceptors (Lipinski definition) is 6. The molecule has 1 amide bonds. The van der Waals surface area contributed by atoms with E-state index in [-0.39, 0.29) is 43.4 Å². The van der Waals surface area contributed by atoms with Crippen LogP contribution in [0.25, 0.3) is 9.88 Å². The topological polar surface area (TPSA) is 70.6 Å². The van der Waals surface area contributed by atoms with Gasteiger partial charge >= 0.3 is 0 Å². The van der Waals surface area contributed by atoms with Gasteiger partial charge in [0, 0.05) is 31.6 Å². The molecule has 1 aromatic carbocycles. The lowest BCUT2D eigenvalue weighted by atomic mass is 10.2. The van der Waals surface area contributed by atoms with E-state index < -0.39 is 21.7 Å². The van der Waals surface area contributed by atoms with Crippen LogP contribution < -0.4 is 0 Å². The van der Waals surface area contributed by atoms with E-state index in [0.29, 0.717) is 11.8 Å². The smallest absolute Gasteiger partial charge is 0.243 e. The van der Waals surface area contributed by atoms with Crippen LogP contribution in [0.2, 0.25) is 0 Å². The Bertz CT molecular complexity index is 1150. The number of carbonyl (C=O) groups excluding carboxylic acids is 1. The lowest BCUT2D eigenvalue weighted by Crippen LogP contribution is -2.50. The zero-order chi connectivity index (χ0) is 21.3. The summed E-state index contributed by atoms with van der Waals surface area (Å²) in [6.07, 6.45) is 0.151. The first-order chi connectivity index (χ1) is 14.3. The SMILES string of the molecule is O=C(Cc1csc(-c2cccs2)n1)N1CCN(S(=O)(=O)c2ccc(F)c(F)c2)CC1. The molecule has 1 saturated heterocycles. The molecule has 30 heavy (non-hydrogen) atoms. The first kappa shape index (κ1) is 21.0. The zero-order valence-electron chi connectivity index (χ0n) is 15.6. The minimum Gasteiger partial charge on any atom is -0.340 e. The predicted octanol–water partition coefficient (Wildman–Crippen LogP) is 3.23. The molecule has 0 spiro atoms. The van der Waals surface area contributed by atoms with Gasteiger partial charge < -0.3 is 4.90 Å². The predicted molar refractivity (Wildman–Crippen MR) is 111 cm³/mol. The summed E-state index contributed by atoms with van der Waals surface area (Å²) >= 11 is 3.07. The molecular formula is C19H17F2N3O3S3. The normalized spacial score (nSPS) is 15.5. The van der Waals surface area contributed by atoms with Gasteiger partial charge in [0.2, 0.25) is 15.9 Å². The lowest BCUT2D eigenvalue weighted by molar-refractivity contribution is -0.131. The maximum absolute atomic E-state index is 13.4. The van der Waals surface area contributed by atoms with Crippen molar-refractivity contribution in [2.45, 2.75) is 11.3 Å². The van der Waals surface area contributed by atoms with Crippen LogP contribution in [0.4, 0.5) is 8.78 Å². The van der Waals surface area contributed by atoms with Gasteiger partial charge in [-0.25, -0.2) is 22.2 Å². The molecule has 158 valence electrons. The Morgan fingerprint density at radius 3 is 2.50 bits per heavy atom. The number of sulfonamides is 1. The van der Waals surface area contributed by atoms with Crippen molar-refractivity contribution < 1.29 is 22.0 Å². The minimum atomic E-state index is -3.95. The number of halogens is 2. The zero-order valence-corrected chi connectivity index (χ0v) is 18.1. The molecule has 1 aliphatic heterocycles. The molecule has 11 heteroatoms. The maximum atomic E-state index is 13.4. The summed E-state index contributed by atoms with van der Waals surface area (Å²) in [6, 6.07) is 6.43. The first-order valence-electron chi connectivity index (χ1n) is 9.06. The van der Waals surface area contributed by atoms with Crippen LogP contribution in [-0.4, -0.2) is 54.7 Å². The molecule has 0 N–H and O–H groups in total. The van der Waals surface area contributed by atoms with Crippen molar-refractivity contribution >= 4 is 38.6 Å². The Morgan fingerprint density at radius 2 is 1.83 bits per heavy atom. The van der Waals surface area contributed by atoms with E-state index in [4.69, 9.17) is 0 Å². The van der Waals surface area contributed by atoms with E-state index >= 15 is 0 Å². The Labute approximate surface area is 180 Å². The van der Waals surface area contributed by atoms with Crippen molar-refractivity contribution in [2.75, 3.05) is 26.2 Å². The van der Waals surface area contributed by atoms with Crippen LogP contribution >= 0.6 is 22.7 Å². The average molecular weight is 470 g/mol. The summed E-state index contributed by atoms with van der Waals surface area (Å²) in [6.45, 7) is 0.627. The number of rotatable bonds is 5. The van der Waals surface area contributed by atoms with Gasteiger partial charge in [-0.3, -0.25) is 4.79 Å². The lowest BCUT2D eigenvalue weighted by Gasteiger charge is -2.34. The standard InChI is InChI=1S/C19H17F2N3O3S3/c20-15-4-3-14(11-16(15)21)30(26,27)24-7-5-23(6-8-24)18(25)10-13-12-29-19(22-13)17-2-1-9-28-17/h1-4,9,11-12H,5-8,10H2. The van der Waals surface area contributed by atoms with Gasteiger partial charge in [-0.2, -0.15) is 4.31 Å². The van der Waals surface area contributed by atoms with Gasteiger partial charge in [0.1, 0.15) is 5.01 Å².